The van der Waals surface area contributed by atoms with Gasteiger partial charge < -0.3 is 14.6 Å². The van der Waals surface area contributed by atoms with Gasteiger partial charge in [-0.1, -0.05) is 62.4 Å². The van der Waals surface area contributed by atoms with Crippen LogP contribution in [-0.4, -0.2) is 47.0 Å². The number of hydrogen-bond donors (Lipinski definition) is 1. The summed E-state index contributed by atoms with van der Waals surface area (Å²) in [7, 11) is 0. The highest BCUT2D eigenvalue weighted by molar-refractivity contribution is 5.69. The number of nitrogens with zero attached hydrogens (tertiary/aromatic N) is 1. The van der Waals surface area contributed by atoms with E-state index >= 15 is 0 Å². The van der Waals surface area contributed by atoms with Gasteiger partial charge >= 0.3 is 6.09 Å². The van der Waals surface area contributed by atoms with E-state index in [2.05, 4.69) is 0 Å². The highest BCUT2D eigenvalue weighted by Gasteiger charge is 2.48. The molecule has 3 fully saturated rings. The van der Waals surface area contributed by atoms with Crippen LogP contribution in [0.3, 0.4) is 0 Å². The van der Waals surface area contributed by atoms with Crippen molar-refractivity contribution in [2.24, 2.45) is 5.92 Å². The zero-order valence-corrected chi connectivity index (χ0v) is 16.7. The van der Waals surface area contributed by atoms with Gasteiger partial charge in [0.05, 0.1) is 30.9 Å². The number of fused-ring (bicyclic) bond motifs is 2. The Kier molecular flexibility index (Phi) is 6.22. The van der Waals surface area contributed by atoms with Crippen LogP contribution < -0.4 is 0 Å². The number of aliphatic hydroxyl groups is 1. The van der Waals surface area contributed by atoms with E-state index in [0.717, 1.165) is 24.3 Å². The molecule has 1 aromatic rings. The van der Waals surface area contributed by atoms with Crippen molar-refractivity contribution in [1.29, 1.82) is 0 Å². The van der Waals surface area contributed by atoms with Gasteiger partial charge in [0, 0.05) is 0 Å². The molecule has 1 aliphatic carbocycles. The summed E-state index contributed by atoms with van der Waals surface area (Å²) in [5.41, 5.74) is 0.311. The molecule has 1 amide bonds. The fraction of sp³-hybridized carbons (Fsp3) is 0.696. The zero-order chi connectivity index (χ0) is 19.4. The molecule has 28 heavy (non-hydrogen) atoms. The summed E-state index contributed by atoms with van der Waals surface area (Å²) in [6.07, 6.45) is 9.51. The van der Waals surface area contributed by atoms with Crippen molar-refractivity contribution in [2.45, 2.75) is 82.1 Å². The summed E-state index contributed by atoms with van der Waals surface area (Å²) in [6, 6.07) is 9.57. The summed E-state index contributed by atoms with van der Waals surface area (Å²) in [6.45, 7) is 1.26. The average Bonchev–Trinajstić information content (AvgIpc) is 2.71. The lowest BCUT2D eigenvalue weighted by Gasteiger charge is -2.51. The lowest BCUT2D eigenvalue weighted by molar-refractivity contribution is -0.137. The molecular formula is C23H33NO4. The zero-order valence-electron chi connectivity index (χ0n) is 16.7. The number of benzene rings is 1. The molecule has 2 aliphatic heterocycles. The van der Waals surface area contributed by atoms with Crippen LogP contribution in [0.1, 0.15) is 63.4 Å². The second kappa shape index (κ2) is 8.83. The van der Waals surface area contributed by atoms with Crippen LogP contribution in [0, 0.1) is 5.92 Å². The Morgan fingerprint density at radius 2 is 1.79 bits per heavy atom. The summed E-state index contributed by atoms with van der Waals surface area (Å²) in [5.74, 6) is 0.766. The summed E-state index contributed by atoms with van der Waals surface area (Å²) < 4.78 is 11.3. The maximum Gasteiger partial charge on any atom is 0.410 e. The maximum absolute atomic E-state index is 12.8. The number of ether oxygens (including phenoxy) is 2. The predicted octanol–water partition coefficient (Wildman–Crippen LogP) is 4.28. The highest BCUT2D eigenvalue weighted by atomic mass is 16.6. The van der Waals surface area contributed by atoms with E-state index in [0.29, 0.717) is 26.1 Å². The molecule has 2 atom stereocenters. The lowest BCUT2D eigenvalue weighted by Crippen LogP contribution is -2.63. The number of amides is 1. The van der Waals surface area contributed by atoms with Crippen LogP contribution in [0.5, 0.6) is 0 Å². The molecule has 2 heterocycles. The second-order valence-electron chi connectivity index (χ2n) is 8.97. The van der Waals surface area contributed by atoms with Crippen molar-refractivity contribution in [3.8, 4) is 0 Å². The average molecular weight is 388 g/mol. The molecule has 1 saturated carbocycles. The first-order valence-corrected chi connectivity index (χ1v) is 10.9. The molecule has 5 heteroatoms. The highest BCUT2D eigenvalue weighted by Crippen LogP contribution is 2.39. The van der Waals surface area contributed by atoms with Crippen molar-refractivity contribution in [3.63, 3.8) is 0 Å². The van der Waals surface area contributed by atoms with Crippen LogP contribution in [0.15, 0.2) is 30.3 Å². The Morgan fingerprint density at radius 3 is 2.46 bits per heavy atom. The van der Waals surface area contributed by atoms with Crippen LogP contribution in [-0.2, 0) is 16.1 Å². The largest absolute Gasteiger partial charge is 0.445 e. The summed E-state index contributed by atoms with van der Waals surface area (Å²) >= 11 is 0. The van der Waals surface area contributed by atoms with Crippen LogP contribution in [0.4, 0.5) is 4.79 Å². The van der Waals surface area contributed by atoms with Gasteiger partial charge in [0.15, 0.2) is 0 Å². The van der Waals surface area contributed by atoms with Crippen molar-refractivity contribution < 1.29 is 19.4 Å². The van der Waals surface area contributed by atoms with Gasteiger partial charge in [0.1, 0.15) is 6.61 Å². The number of hydrogen-bond acceptors (Lipinski definition) is 4. The Labute approximate surface area is 168 Å². The van der Waals surface area contributed by atoms with Gasteiger partial charge in [0.25, 0.3) is 0 Å². The molecule has 154 valence electrons. The van der Waals surface area contributed by atoms with Crippen LogP contribution in [0.25, 0.3) is 0 Å². The molecule has 4 rings (SSSR count). The standard InChI is InChI=1S/C23H33NO4/c25-22(28-15-19-9-5-2-6-10-19)24-20-13-23(26,14-21(24)17-27-16-20)12-11-18-7-3-1-4-8-18/h2,5-6,9-10,18,20-21,26H,1,3-4,7-8,11-17H2. The van der Waals surface area contributed by atoms with E-state index in [9.17, 15) is 9.90 Å². The van der Waals surface area contributed by atoms with Gasteiger partial charge in [-0.05, 0) is 37.2 Å². The molecule has 3 aliphatic rings. The van der Waals surface area contributed by atoms with Gasteiger partial charge in [-0.15, -0.1) is 0 Å². The SMILES string of the molecule is O=C(OCc1ccccc1)N1C2COCC1CC(O)(CCC1CCCCC1)C2. The number of morpholine rings is 1. The first-order valence-electron chi connectivity index (χ1n) is 10.9. The molecule has 1 N–H and O–H groups in total. The van der Waals surface area contributed by atoms with Crippen molar-refractivity contribution in [1.82, 2.24) is 4.90 Å². The second-order valence-corrected chi connectivity index (χ2v) is 8.97. The van der Waals surface area contributed by atoms with E-state index < -0.39 is 5.60 Å². The first kappa shape index (κ1) is 19.7. The van der Waals surface area contributed by atoms with Gasteiger partial charge in [0.2, 0.25) is 0 Å². The fourth-order valence-electron chi connectivity index (χ4n) is 5.32. The Hall–Kier alpha value is -1.59. The smallest absolute Gasteiger partial charge is 0.410 e. The molecular weight excluding hydrogens is 354 g/mol. The maximum atomic E-state index is 12.8. The van der Waals surface area contributed by atoms with Crippen LogP contribution >= 0.6 is 0 Å². The minimum Gasteiger partial charge on any atom is -0.445 e. The lowest BCUT2D eigenvalue weighted by atomic mass is 9.75. The third-order valence-electron chi connectivity index (χ3n) is 6.80. The van der Waals surface area contributed by atoms with E-state index in [-0.39, 0.29) is 24.8 Å². The number of rotatable bonds is 5. The minimum atomic E-state index is -0.674. The van der Waals surface area contributed by atoms with E-state index in [1.165, 1.54) is 32.1 Å². The normalized spacial score (nSPS) is 30.8. The molecule has 2 saturated heterocycles. The van der Waals surface area contributed by atoms with Crippen LogP contribution in [0.2, 0.25) is 0 Å². The first-order chi connectivity index (χ1) is 13.6. The predicted molar refractivity (Wildman–Crippen MR) is 107 cm³/mol. The van der Waals surface area contributed by atoms with Gasteiger partial charge in [-0.3, -0.25) is 4.90 Å². The molecule has 0 aromatic heterocycles. The van der Waals surface area contributed by atoms with Crippen molar-refractivity contribution >= 4 is 6.09 Å². The fourth-order valence-corrected chi connectivity index (χ4v) is 5.32. The molecule has 5 nitrogen and oxygen atoms in total. The Morgan fingerprint density at radius 1 is 1.11 bits per heavy atom. The molecule has 0 radical (unpaired) electrons. The topological polar surface area (TPSA) is 59.0 Å². The third kappa shape index (κ3) is 4.69. The van der Waals surface area contributed by atoms with E-state index in [1.807, 2.05) is 35.2 Å². The molecule has 2 bridgehead atoms. The Balaban J connectivity index is 1.34. The monoisotopic (exact) mass is 387 g/mol. The number of carbonyl (C=O) groups is 1. The van der Waals surface area contributed by atoms with Crippen molar-refractivity contribution in [3.05, 3.63) is 35.9 Å². The summed E-state index contributed by atoms with van der Waals surface area (Å²) in [4.78, 5) is 14.6. The molecule has 2 unspecified atom stereocenters. The number of piperidine rings is 1. The van der Waals surface area contributed by atoms with E-state index in [4.69, 9.17) is 9.47 Å². The number of carbonyl (C=O) groups excluding carboxylic acids is 1. The molecule has 0 spiro atoms. The van der Waals surface area contributed by atoms with Gasteiger partial charge in [-0.2, -0.15) is 0 Å². The van der Waals surface area contributed by atoms with Gasteiger partial charge in [-0.25, -0.2) is 4.79 Å². The summed E-state index contributed by atoms with van der Waals surface area (Å²) in [5, 5.41) is 11.3. The quantitative estimate of drug-likeness (QED) is 0.819. The minimum absolute atomic E-state index is 0.0906. The Bertz CT molecular complexity index is 629. The molecule has 1 aromatic carbocycles. The van der Waals surface area contributed by atoms with Crippen molar-refractivity contribution in [2.75, 3.05) is 13.2 Å². The third-order valence-corrected chi connectivity index (χ3v) is 6.80. The van der Waals surface area contributed by atoms with E-state index in [1.54, 1.807) is 0 Å².